The van der Waals surface area contributed by atoms with Crippen molar-refractivity contribution in [1.29, 1.82) is 0 Å². The molecule has 7 heteroatoms. The first-order valence-electron chi connectivity index (χ1n) is 8.20. The predicted octanol–water partition coefficient (Wildman–Crippen LogP) is 0.925. The smallest absolute Gasteiger partial charge is 0.253 e. The van der Waals surface area contributed by atoms with Crippen molar-refractivity contribution in [3.8, 4) is 11.5 Å². The SMILES string of the molecule is C[C@@H]1NC(=O)COC12CCN(C(=O)c1ccc3c(c1)OCO3)CC2. The first kappa shape index (κ1) is 15.3. The zero-order valence-electron chi connectivity index (χ0n) is 13.5. The second-order valence-corrected chi connectivity index (χ2v) is 6.50. The normalized spacial score (nSPS) is 24.8. The summed E-state index contributed by atoms with van der Waals surface area (Å²) in [5.74, 6) is 1.19. The molecule has 0 saturated carbocycles. The van der Waals surface area contributed by atoms with Gasteiger partial charge in [0.1, 0.15) is 6.61 Å². The van der Waals surface area contributed by atoms with Gasteiger partial charge >= 0.3 is 0 Å². The second-order valence-electron chi connectivity index (χ2n) is 6.50. The van der Waals surface area contributed by atoms with Gasteiger partial charge in [0.2, 0.25) is 12.7 Å². The van der Waals surface area contributed by atoms with Gasteiger partial charge in [-0.3, -0.25) is 9.59 Å². The van der Waals surface area contributed by atoms with Crippen molar-refractivity contribution in [3.05, 3.63) is 23.8 Å². The predicted molar refractivity (Wildman–Crippen MR) is 84.0 cm³/mol. The van der Waals surface area contributed by atoms with E-state index in [4.69, 9.17) is 14.2 Å². The number of likely N-dealkylation sites (tertiary alicyclic amines) is 1. The molecular weight excluding hydrogens is 312 g/mol. The molecule has 128 valence electrons. The van der Waals surface area contributed by atoms with Crippen molar-refractivity contribution >= 4 is 11.8 Å². The third-order valence-electron chi connectivity index (χ3n) is 5.17. The van der Waals surface area contributed by atoms with E-state index in [1.807, 2.05) is 11.8 Å². The number of amides is 2. The lowest BCUT2D eigenvalue weighted by molar-refractivity contribution is -0.158. The Bertz CT molecular complexity index is 682. The number of rotatable bonds is 1. The number of nitrogens with one attached hydrogen (secondary N) is 1. The summed E-state index contributed by atoms with van der Waals surface area (Å²) >= 11 is 0. The highest BCUT2D eigenvalue weighted by Gasteiger charge is 2.45. The van der Waals surface area contributed by atoms with Crippen LogP contribution in [0.5, 0.6) is 11.5 Å². The zero-order valence-corrected chi connectivity index (χ0v) is 13.5. The topological polar surface area (TPSA) is 77.1 Å². The van der Waals surface area contributed by atoms with Gasteiger partial charge in [0.05, 0.1) is 11.6 Å². The van der Waals surface area contributed by atoms with Crippen LogP contribution in [-0.4, -0.2) is 54.8 Å². The molecule has 1 N–H and O–H groups in total. The van der Waals surface area contributed by atoms with Gasteiger partial charge in [-0.1, -0.05) is 0 Å². The molecule has 3 aliphatic rings. The van der Waals surface area contributed by atoms with Crippen LogP contribution < -0.4 is 14.8 Å². The standard InChI is InChI=1S/C17H20N2O5/c1-11-17(24-9-15(20)18-11)4-6-19(7-5-17)16(21)12-2-3-13-14(8-12)23-10-22-13/h2-3,8,11H,4-7,9-10H2,1H3,(H,18,20)/t11-/m0/s1. The van der Waals surface area contributed by atoms with Crippen molar-refractivity contribution in [1.82, 2.24) is 10.2 Å². The average Bonchev–Trinajstić information content (AvgIpc) is 3.06. The van der Waals surface area contributed by atoms with Crippen LogP contribution >= 0.6 is 0 Å². The van der Waals surface area contributed by atoms with Gasteiger partial charge in [-0.25, -0.2) is 0 Å². The van der Waals surface area contributed by atoms with Gasteiger partial charge in [0.25, 0.3) is 5.91 Å². The van der Waals surface area contributed by atoms with E-state index in [2.05, 4.69) is 5.32 Å². The highest BCUT2D eigenvalue weighted by molar-refractivity contribution is 5.95. The lowest BCUT2D eigenvalue weighted by Crippen LogP contribution is -2.63. The second kappa shape index (κ2) is 5.66. The summed E-state index contributed by atoms with van der Waals surface area (Å²) in [4.78, 5) is 26.0. The van der Waals surface area contributed by atoms with Gasteiger partial charge in [-0.15, -0.1) is 0 Å². The Morgan fingerprint density at radius 2 is 2.00 bits per heavy atom. The highest BCUT2D eigenvalue weighted by atomic mass is 16.7. The van der Waals surface area contributed by atoms with E-state index in [1.54, 1.807) is 18.2 Å². The Balaban J connectivity index is 1.44. The van der Waals surface area contributed by atoms with Crippen LogP contribution in [0.2, 0.25) is 0 Å². The van der Waals surface area contributed by atoms with Crippen LogP contribution in [0.1, 0.15) is 30.1 Å². The van der Waals surface area contributed by atoms with Crippen molar-refractivity contribution in [3.63, 3.8) is 0 Å². The highest BCUT2D eigenvalue weighted by Crippen LogP contribution is 2.35. The Morgan fingerprint density at radius 1 is 1.25 bits per heavy atom. The number of benzene rings is 1. The summed E-state index contributed by atoms with van der Waals surface area (Å²) in [5, 5.41) is 2.95. The van der Waals surface area contributed by atoms with Crippen LogP contribution in [0.15, 0.2) is 18.2 Å². The lowest BCUT2D eigenvalue weighted by Gasteiger charge is -2.47. The number of carbonyl (C=O) groups excluding carboxylic acids is 2. The minimum atomic E-state index is -0.362. The minimum Gasteiger partial charge on any atom is -0.454 e. The molecule has 0 aliphatic carbocycles. The molecule has 2 saturated heterocycles. The van der Waals surface area contributed by atoms with Crippen molar-refractivity contribution in [2.45, 2.75) is 31.4 Å². The van der Waals surface area contributed by atoms with Gasteiger partial charge in [-0.05, 0) is 38.0 Å². The van der Waals surface area contributed by atoms with E-state index in [9.17, 15) is 9.59 Å². The molecule has 0 aromatic heterocycles. The summed E-state index contributed by atoms with van der Waals surface area (Å²) in [7, 11) is 0. The fourth-order valence-corrected chi connectivity index (χ4v) is 3.63. The lowest BCUT2D eigenvalue weighted by atomic mass is 9.83. The molecule has 0 radical (unpaired) electrons. The maximum absolute atomic E-state index is 12.7. The summed E-state index contributed by atoms with van der Waals surface area (Å²) < 4.78 is 16.5. The number of hydrogen-bond donors (Lipinski definition) is 1. The van der Waals surface area contributed by atoms with E-state index in [1.165, 1.54) is 0 Å². The molecule has 1 aromatic rings. The van der Waals surface area contributed by atoms with E-state index in [0.717, 1.165) is 0 Å². The van der Waals surface area contributed by atoms with Crippen LogP contribution in [0, 0.1) is 0 Å². The van der Waals surface area contributed by atoms with E-state index < -0.39 is 0 Å². The zero-order chi connectivity index (χ0) is 16.7. The Morgan fingerprint density at radius 3 is 2.75 bits per heavy atom. The first-order valence-corrected chi connectivity index (χ1v) is 8.20. The van der Waals surface area contributed by atoms with E-state index in [-0.39, 0.29) is 36.9 Å². The number of fused-ring (bicyclic) bond motifs is 1. The Hall–Kier alpha value is -2.28. The monoisotopic (exact) mass is 332 g/mol. The third-order valence-corrected chi connectivity index (χ3v) is 5.17. The molecule has 0 unspecified atom stereocenters. The maximum Gasteiger partial charge on any atom is 0.253 e. The average molecular weight is 332 g/mol. The van der Waals surface area contributed by atoms with Gasteiger partial charge in [0, 0.05) is 18.7 Å². The molecule has 0 bridgehead atoms. The molecule has 3 aliphatic heterocycles. The quantitative estimate of drug-likeness (QED) is 0.828. The molecule has 7 nitrogen and oxygen atoms in total. The number of hydrogen-bond acceptors (Lipinski definition) is 5. The van der Waals surface area contributed by atoms with E-state index >= 15 is 0 Å². The van der Waals surface area contributed by atoms with Gasteiger partial charge in [-0.2, -0.15) is 0 Å². The number of ether oxygens (including phenoxy) is 3. The minimum absolute atomic E-state index is 0.0179. The fourth-order valence-electron chi connectivity index (χ4n) is 3.63. The largest absolute Gasteiger partial charge is 0.454 e. The molecule has 4 rings (SSSR count). The Labute approximate surface area is 139 Å². The maximum atomic E-state index is 12.7. The molecule has 2 amide bonds. The van der Waals surface area contributed by atoms with Gasteiger partial charge in [0.15, 0.2) is 11.5 Å². The van der Waals surface area contributed by atoms with Crippen molar-refractivity contribution in [2.24, 2.45) is 0 Å². The molecule has 1 atom stereocenters. The number of piperidine rings is 1. The van der Waals surface area contributed by atoms with E-state index in [0.29, 0.717) is 43.0 Å². The summed E-state index contributed by atoms with van der Waals surface area (Å²) in [6, 6.07) is 5.22. The van der Waals surface area contributed by atoms with Gasteiger partial charge < -0.3 is 24.4 Å². The summed E-state index contributed by atoms with van der Waals surface area (Å²) in [6.07, 6.45) is 1.43. The molecule has 1 aromatic carbocycles. The van der Waals surface area contributed by atoms with Crippen LogP contribution in [0.3, 0.4) is 0 Å². The van der Waals surface area contributed by atoms with Crippen LogP contribution in [-0.2, 0) is 9.53 Å². The first-order chi connectivity index (χ1) is 11.6. The summed E-state index contributed by atoms with van der Waals surface area (Å²) in [6.45, 7) is 3.47. The van der Waals surface area contributed by atoms with Crippen molar-refractivity contribution in [2.75, 3.05) is 26.5 Å². The summed E-state index contributed by atoms with van der Waals surface area (Å²) in [5.41, 5.74) is 0.237. The molecule has 2 fully saturated rings. The fraction of sp³-hybridized carbons (Fsp3) is 0.529. The van der Waals surface area contributed by atoms with Crippen molar-refractivity contribution < 1.29 is 23.8 Å². The molecule has 24 heavy (non-hydrogen) atoms. The molecule has 3 heterocycles. The number of carbonyl (C=O) groups is 2. The van der Waals surface area contributed by atoms with Crippen LogP contribution in [0.4, 0.5) is 0 Å². The third kappa shape index (κ3) is 2.49. The number of morpholine rings is 1. The Kier molecular flexibility index (Phi) is 3.60. The number of nitrogens with zero attached hydrogens (tertiary/aromatic N) is 1. The molecule has 1 spiro atoms. The molecular formula is C17H20N2O5. The van der Waals surface area contributed by atoms with Crippen LogP contribution in [0.25, 0.3) is 0 Å².